The molecule has 0 aliphatic carbocycles. The third kappa shape index (κ3) is 4.11. The van der Waals surface area contributed by atoms with Crippen LogP contribution in [0, 0.1) is 12.7 Å². The zero-order chi connectivity index (χ0) is 22.8. The number of aliphatic hydroxyl groups is 1. The molecule has 1 saturated heterocycles. The molecule has 4 rings (SSSR count). The Morgan fingerprint density at radius 2 is 2.12 bits per heavy atom. The Balaban J connectivity index is 1.64. The Kier molecular flexibility index (Phi) is 6.25. The maximum absolute atomic E-state index is 14.1. The average Bonchev–Trinajstić information content (AvgIpc) is 2.81. The molecule has 3 aromatic rings. The number of hydrogen-bond donors (Lipinski definition) is 2. The van der Waals surface area contributed by atoms with Crippen molar-refractivity contribution in [3.8, 4) is 16.9 Å². The topological polar surface area (TPSA) is 91.9 Å². The summed E-state index contributed by atoms with van der Waals surface area (Å²) in [6.45, 7) is 4.20. The molecule has 168 valence electrons. The maximum atomic E-state index is 14.1. The molecule has 1 amide bonds. The number of carbonyl (C=O) groups is 1. The fourth-order valence-corrected chi connectivity index (χ4v) is 4.02. The molecule has 2 aromatic carbocycles. The van der Waals surface area contributed by atoms with Gasteiger partial charge in [0.25, 0.3) is 11.5 Å². The molecule has 2 atom stereocenters. The van der Waals surface area contributed by atoms with E-state index < -0.39 is 12.1 Å². The Labute approximate surface area is 184 Å². The van der Waals surface area contributed by atoms with Crippen molar-refractivity contribution in [2.75, 3.05) is 26.4 Å². The van der Waals surface area contributed by atoms with E-state index in [-0.39, 0.29) is 30.5 Å². The van der Waals surface area contributed by atoms with Gasteiger partial charge in [0.15, 0.2) is 6.10 Å². The minimum atomic E-state index is -0.813. The SMILES string of the molecule is Cc1c(F)cccc1-c1c[nH]c(=O)c2cc(O[C@H](C)C(=O)N3CCOC[C@@H]3CO)ccc12. The molecule has 1 aromatic heterocycles. The zero-order valence-electron chi connectivity index (χ0n) is 17.9. The van der Waals surface area contributed by atoms with Crippen molar-refractivity contribution in [2.45, 2.75) is 26.0 Å². The monoisotopic (exact) mass is 440 g/mol. The third-order valence-corrected chi connectivity index (χ3v) is 5.81. The van der Waals surface area contributed by atoms with Crippen molar-refractivity contribution in [2.24, 2.45) is 0 Å². The van der Waals surface area contributed by atoms with Gasteiger partial charge in [-0.1, -0.05) is 12.1 Å². The van der Waals surface area contributed by atoms with Gasteiger partial charge in [-0.05, 0) is 54.6 Å². The first kappa shape index (κ1) is 22.0. The summed E-state index contributed by atoms with van der Waals surface area (Å²) in [4.78, 5) is 29.6. The molecule has 0 saturated carbocycles. The molecule has 8 heteroatoms. The van der Waals surface area contributed by atoms with Gasteiger partial charge in [0.05, 0.1) is 31.2 Å². The van der Waals surface area contributed by atoms with Crippen LogP contribution in [0.15, 0.2) is 47.4 Å². The van der Waals surface area contributed by atoms with Crippen LogP contribution in [0.25, 0.3) is 21.9 Å². The number of rotatable bonds is 5. The van der Waals surface area contributed by atoms with Crippen LogP contribution in [-0.4, -0.2) is 59.4 Å². The van der Waals surface area contributed by atoms with Crippen molar-refractivity contribution < 1.29 is 23.8 Å². The summed E-state index contributed by atoms with van der Waals surface area (Å²) in [6.07, 6.45) is 0.763. The van der Waals surface area contributed by atoms with E-state index in [1.54, 1.807) is 55.3 Å². The van der Waals surface area contributed by atoms with Crippen LogP contribution in [0.5, 0.6) is 5.75 Å². The predicted octanol–water partition coefficient (Wildman–Crippen LogP) is 2.63. The molecular weight excluding hydrogens is 415 g/mol. The summed E-state index contributed by atoms with van der Waals surface area (Å²) < 4.78 is 25.2. The third-order valence-electron chi connectivity index (χ3n) is 5.81. The molecule has 7 nitrogen and oxygen atoms in total. The summed E-state index contributed by atoms with van der Waals surface area (Å²) in [5.41, 5.74) is 1.57. The first-order chi connectivity index (χ1) is 15.4. The number of pyridine rings is 1. The van der Waals surface area contributed by atoms with Crippen LogP contribution in [-0.2, 0) is 9.53 Å². The summed E-state index contributed by atoms with van der Waals surface area (Å²) in [5.74, 6) is -0.213. The fourth-order valence-electron chi connectivity index (χ4n) is 4.02. The van der Waals surface area contributed by atoms with Gasteiger partial charge in [0.2, 0.25) is 0 Å². The molecule has 0 spiro atoms. The summed E-state index contributed by atoms with van der Waals surface area (Å²) in [5, 5.41) is 10.5. The van der Waals surface area contributed by atoms with Gasteiger partial charge in [0.1, 0.15) is 11.6 Å². The molecule has 1 aliphatic rings. The Morgan fingerprint density at radius 3 is 2.91 bits per heavy atom. The smallest absolute Gasteiger partial charge is 0.263 e. The van der Waals surface area contributed by atoms with Gasteiger partial charge in [-0.2, -0.15) is 0 Å². The second-order valence-corrected chi connectivity index (χ2v) is 7.85. The number of aliphatic hydroxyl groups excluding tert-OH is 1. The lowest BCUT2D eigenvalue weighted by Crippen LogP contribution is -2.54. The molecule has 0 bridgehead atoms. The number of morpholine rings is 1. The fraction of sp³-hybridized carbons (Fsp3) is 0.333. The van der Waals surface area contributed by atoms with Crippen LogP contribution in [0.2, 0.25) is 0 Å². The van der Waals surface area contributed by atoms with Crippen molar-refractivity contribution in [3.63, 3.8) is 0 Å². The minimum Gasteiger partial charge on any atom is -0.481 e. The van der Waals surface area contributed by atoms with E-state index in [2.05, 4.69) is 4.98 Å². The molecule has 1 fully saturated rings. The van der Waals surface area contributed by atoms with E-state index in [0.29, 0.717) is 46.4 Å². The number of carbonyl (C=O) groups excluding carboxylic acids is 1. The van der Waals surface area contributed by atoms with Gasteiger partial charge in [0, 0.05) is 18.3 Å². The molecule has 2 N–H and O–H groups in total. The quantitative estimate of drug-likeness (QED) is 0.637. The highest BCUT2D eigenvalue weighted by molar-refractivity contribution is 5.97. The van der Waals surface area contributed by atoms with Crippen molar-refractivity contribution in [3.05, 3.63) is 64.3 Å². The second-order valence-electron chi connectivity index (χ2n) is 7.85. The van der Waals surface area contributed by atoms with Gasteiger partial charge >= 0.3 is 0 Å². The Hall–Kier alpha value is -3.23. The van der Waals surface area contributed by atoms with E-state index in [4.69, 9.17) is 9.47 Å². The number of ether oxygens (including phenoxy) is 2. The standard InChI is InChI=1S/C24H25FN2O5/c1-14-18(4-3-5-22(14)25)21-11-26-23(29)20-10-17(6-7-19(20)21)32-15(2)24(30)27-8-9-31-13-16(27)12-28/h3-7,10-11,15-16,28H,8-9,12-13H2,1-2H3,(H,26,29)/t15-,16+/m1/s1. The molecule has 32 heavy (non-hydrogen) atoms. The van der Waals surface area contributed by atoms with Crippen molar-refractivity contribution in [1.82, 2.24) is 9.88 Å². The first-order valence-electron chi connectivity index (χ1n) is 10.5. The number of nitrogens with one attached hydrogen (secondary N) is 1. The van der Waals surface area contributed by atoms with Crippen LogP contribution in [0.3, 0.4) is 0 Å². The van der Waals surface area contributed by atoms with E-state index in [1.807, 2.05) is 0 Å². The normalized spacial score (nSPS) is 17.4. The lowest BCUT2D eigenvalue weighted by Gasteiger charge is -2.35. The maximum Gasteiger partial charge on any atom is 0.263 e. The summed E-state index contributed by atoms with van der Waals surface area (Å²) in [7, 11) is 0. The number of fused-ring (bicyclic) bond motifs is 1. The highest BCUT2D eigenvalue weighted by atomic mass is 19.1. The molecule has 0 unspecified atom stereocenters. The molecule has 0 radical (unpaired) electrons. The van der Waals surface area contributed by atoms with Crippen molar-refractivity contribution >= 4 is 16.7 Å². The van der Waals surface area contributed by atoms with Crippen molar-refractivity contribution in [1.29, 1.82) is 0 Å². The largest absolute Gasteiger partial charge is 0.481 e. The predicted molar refractivity (Wildman–Crippen MR) is 118 cm³/mol. The Morgan fingerprint density at radius 1 is 1.31 bits per heavy atom. The number of aromatic amines is 1. The summed E-state index contributed by atoms with van der Waals surface area (Å²) >= 11 is 0. The van der Waals surface area contributed by atoms with Gasteiger partial charge in [-0.15, -0.1) is 0 Å². The molecule has 2 heterocycles. The Bertz CT molecular complexity index is 1210. The van der Waals surface area contributed by atoms with E-state index in [9.17, 15) is 19.1 Å². The van der Waals surface area contributed by atoms with Crippen LogP contribution >= 0.6 is 0 Å². The number of H-pyrrole nitrogens is 1. The first-order valence-corrected chi connectivity index (χ1v) is 10.5. The van der Waals surface area contributed by atoms with Crippen LogP contribution in [0.4, 0.5) is 4.39 Å². The lowest BCUT2D eigenvalue weighted by atomic mass is 9.97. The number of benzene rings is 2. The number of halogens is 1. The summed E-state index contributed by atoms with van der Waals surface area (Å²) in [6, 6.07) is 9.43. The van der Waals surface area contributed by atoms with E-state index >= 15 is 0 Å². The van der Waals surface area contributed by atoms with E-state index in [0.717, 1.165) is 0 Å². The molecular formula is C24H25FN2O5. The molecule has 1 aliphatic heterocycles. The zero-order valence-corrected chi connectivity index (χ0v) is 17.9. The minimum absolute atomic E-state index is 0.188. The average molecular weight is 440 g/mol. The highest BCUT2D eigenvalue weighted by Crippen LogP contribution is 2.31. The number of hydrogen-bond acceptors (Lipinski definition) is 5. The van der Waals surface area contributed by atoms with Gasteiger partial charge < -0.3 is 24.5 Å². The van der Waals surface area contributed by atoms with Crippen LogP contribution in [0.1, 0.15) is 12.5 Å². The highest BCUT2D eigenvalue weighted by Gasteiger charge is 2.30. The lowest BCUT2D eigenvalue weighted by molar-refractivity contribution is -0.148. The number of amides is 1. The van der Waals surface area contributed by atoms with Crippen LogP contribution < -0.4 is 10.3 Å². The van der Waals surface area contributed by atoms with E-state index in [1.165, 1.54) is 6.07 Å². The van der Waals surface area contributed by atoms with Gasteiger partial charge in [-0.25, -0.2) is 4.39 Å². The number of aromatic nitrogens is 1. The van der Waals surface area contributed by atoms with Gasteiger partial charge in [-0.3, -0.25) is 9.59 Å². The second kappa shape index (κ2) is 9.10. The number of nitrogens with zero attached hydrogens (tertiary/aromatic N) is 1.